The first-order valence-corrected chi connectivity index (χ1v) is 5.38. The molecule has 0 heterocycles. The SMILES string of the molecule is C=C(OCCC)C(=O)OC(OC)C(C)(C)C. The fourth-order valence-electron chi connectivity index (χ4n) is 1.03. The van der Waals surface area contributed by atoms with Crippen molar-refractivity contribution >= 4 is 5.97 Å². The minimum atomic E-state index is -0.609. The summed E-state index contributed by atoms with van der Waals surface area (Å²) in [4.78, 5) is 11.5. The van der Waals surface area contributed by atoms with Crippen molar-refractivity contribution in [2.45, 2.75) is 40.4 Å². The Labute approximate surface area is 97.6 Å². The Morgan fingerprint density at radius 1 is 1.38 bits per heavy atom. The van der Waals surface area contributed by atoms with Crippen LogP contribution in [0.15, 0.2) is 12.3 Å². The van der Waals surface area contributed by atoms with Gasteiger partial charge in [0.05, 0.1) is 6.61 Å². The van der Waals surface area contributed by atoms with Crippen molar-refractivity contribution in [3.05, 3.63) is 12.3 Å². The molecule has 0 aromatic heterocycles. The predicted octanol–water partition coefficient (Wildman–Crippen LogP) is 2.49. The van der Waals surface area contributed by atoms with Gasteiger partial charge < -0.3 is 14.2 Å². The number of rotatable bonds is 6. The van der Waals surface area contributed by atoms with E-state index in [0.29, 0.717) is 6.61 Å². The second-order valence-corrected chi connectivity index (χ2v) is 4.61. The summed E-state index contributed by atoms with van der Waals surface area (Å²) < 4.78 is 15.3. The number of carbonyl (C=O) groups excluding carboxylic acids is 1. The van der Waals surface area contributed by atoms with Crippen LogP contribution >= 0.6 is 0 Å². The van der Waals surface area contributed by atoms with Crippen molar-refractivity contribution in [3.8, 4) is 0 Å². The van der Waals surface area contributed by atoms with Gasteiger partial charge in [-0.1, -0.05) is 27.7 Å². The highest BCUT2D eigenvalue weighted by Crippen LogP contribution is 2.23. The van der Waals surface area contributed by atoms with Crippen LogP contribution in [0.25, 0.3) is 0 Å². The van der Waals surface area contributed by atoms with Gasteiger partial charge in [-0.25, -0.2) is 4.79 Å². The normalized spacial score (nSPS) is 13.1. The third-order valence-corrected chi connectivity index (χ3v) is 1.84. The van der Waals surface area contributed by atoms with Crippen LogP contribution in [0.3, 0.4) is 0 Å². The smallest absolute Gasteiger partial charge is 0.375 e. The molecule has 1 unspecified atom stereocenters. The number of ether oxygens (including phenoxy) is 3. The van der Waals surface area contributed by atoms with E-state index in [4.69, 9.17) is 14.2 Å². The zero-order valence-electron chi connectivity index (χ0n) is 10.8. The zero-order valence-corrected chi connectivity index (χ0v) is 10.8. The van der Waals surface area contributed by atoms with Gasteiger partial charge in [-0.2, -0.15) is 0 Å². The summed E-state index contributed by atoms with van der Waals surface area (Å²) in [7, 11) is 1.50. The first kappa shape index (κ1) is 15.0. The first-order valence-electron chi connectivity index (χ1n) is 5.38. The molecule has 0 aliphatic heterocycles. The van der Waals surface area contributed by atoms with Crippen LogP contribution in [0.4, 0.5) is 0 Å². The Morgan fingerprint density at radius 2 is 1.94 bits per heavy atom. The molecule has 0 spiro atoms. The van der Waals surface area contributed by atoms with Crippen LogP contribution in [0.1, 0.15) is 34.1 Å². The van der Waals surface area contributed by atoms with Crippen molar-refractivity contribution in [1.29, 1.82) is 0 Å². The largest absolute Gasteiger partial charge is 0.487 e. The molecule has 0 rings (SSSR count). The van der Waals surface area contributed by atoms with E-state index in [-0.39, 0.29) is 11.2 Å². The zero-order chi connectivity index (χ0) is 12.8. The summed E-state index contributed by atoms with van der Waals surface area (Å²) in [6.45, 7) is 11.7. The molecule has 0 aliphatic rings. The van der Waals surface area contributed by atoms with Crippen molar-refractivity contribution in [2.24, 2.45) is 5.41 Å². The molecule has 0 N–H and O–H groups in total. The lowest BCUT2D eigenvalue weighted by Gasteiger charge is -2.28. The highest BCUT2D eigenvalue weighted by atomic mass is 16.7. The van der Waals surface area contributed by atoms with E-state index in [0.717, 1.165) is 6.42 Å². The lowest BCUT2D eigenvalue weighted by molar-refractivity contribution is -0.194. The summed E-state index contributed by atoms with van der Waals surface area (Å²) in [6.07, 6.45) is 0.209. The fourth-order valence-corrected chi connectivity index (χ4v) is 1.03. The minimum Gasteiger partial charge on any atom is -0.487 e. The maximum atomic E-state index is 11.5. The van der Waals surface area contributed by atoms with E-state index in [1.54, 1.807) is 0 Å². The van der Waals surface area contributed by atoms with Crippen molar-refractivity contribution in [2.75, 3.05) is 13.7 Å². The molecule has 4 heteroatoms. The summed E-state index contributed by atoms with van der Waals surface area (Å²) in [6, 6.07) is 0. The van der Waals surface area contributed by atoms with E-state index in [9.17, 15) is 4.79 Å². The van der Waals surface area contributed by atoms with Gasteiger partial charge in [0.2, 0.25) is 6.29 Å². The molecule has 0 saturated carbocycles. The van der Waals surface area contributed by atoms with E-state index < -0.39 is 12.3 Å². The van der Waals surface area contributed by atoms with Gasteiger partial charge in [-0.05, 0) is 13.0 Å². The van der Waals surface area contributed by atoms with Crippen LogP contribution in [-0.4, -0.2) is 26.0 Å². The van der Waals surface area contributed by atoms with Gasteiger partial charge in [-0.3, -0.25) is 0 Å². The van der Waals surface area contributed by atoms with Gasteiger partial charge >= 0.3 is 5.97 Å². The molecule has 0 aliphatic carbocycles. The van der Waals surface area contributed by atoms with Crippen LogP contribution in [-0.2, 0) is 19.0 Å². The van der Waals surface area contributed by atoms with Gasteiger partial charge in [0.25, 0.3) is 0 Å². The number of hydrogen-bond donors (Lipinski definition) is 0. The van der Waals surface area contributed by atoms with E-state index >= 15 is 0 Å². The monoisotopic (exact) mass is 230 g/mol. The average molecular weight is 230 g/mol. The Hall–Kier alpha value is -1.03. The Bertz CT molecular complexity index is 240. The summed E-state index contributed by atoms with van der Waals surface area (Å²) in [5.74, 6) is -0.552. The third kappa shape index (κ3) is 5.16. The van der Waals surface area contributed by atoms with Crippen molar-refractivity contribution in [3.63, 3.8) is 0 Å². The van der Waals surface area contributed by atoms with Crippen molar-refractivity contribution < 1.29 is 19.0 Å². The molecule has 0 fully saturated rings. The molecule has 0 radical (unpaired) electrons. The molecule has 0 aromatic rings. The molecular weight excluding hydrogens is 208 g/mol. The summed E-state index contributed by atoms with van der Waals surface area (Å²) in [5.41, 5.74) is -0.282. The van der Waals surface area contributed by atoms with E-state index in [1.807, 2.05) is 27.7 Å². The molecule has 94 valence electrons. The molecule has 4 nitrogen and oxygen atoms in total. The maximum absolute atomic E-state index is 11.5. The Morgan fingerprint density at radius 3 is 2.31 bits per heavy atom. The second-order valence-electron chi connectivity index (χ2n) is 4.61. The molecule has 0 saturated heterocycles. The third-order valence-electron chi connectivity index (χ3n) is 1.84. The van der Waals surface area contributed by atoms with Gasteiger partial charge in [0, 0.05) is 12.5 Å². The summed E-state index contributed by atoms with van der Waals surface area (Å²) in [5, 5.41) is 0. The quantitative estimate of drug-likeness (QED) is 0.304. The summed E-state index contributed by atoms with van der Waals surface area (Å²) >= 11 is 0. The van der Waals surface area contributed by atoms with E-state index in [1.165, 1.54) is 7.11 Å². The lowest BCUT2D eigenvalue weighted by Crippen LogP contribution is -2.33. The maximum Gasteiger partial charge on any atom is 0.375 e. The van der Waals surface area contributed by atoms with Gasteiger partial charge in [0.15, 0.2) is 5.76 Å². The van der Waals surface area contributed by atoms with Crippen LogP contribution in [0.5, 0.6) is 0 Å². The van der Waals surface area contributed by atoms with Crippen LogP contribution in [0.2, 0.25) is 0 Å². The standard InChI is InChI=1S/C12H22O4/c1-7-8-15-9(2)10(13)16-11(14-6)12(3,4)5/h11H,2,7-8H2,1,3-6H3. The molecule has 0 bridgehead atoms. The first-order chi connectivity index (χ1) is 7.32. The minimum absolute atomic E-state index is 0.0214. The van der Waals surface area contributed by atoms with Crippen LogP contribution < -0.4 is 0 Å². The Balaban J connectivity index is 4.26. The molecule has 0 aromatic carbocycles. The fraction of sp³-hybridized carbons (Fsp3) is 0.750. The molecule has 1 atom stereocenters. The van der Waals surface area contributed by atoms with E-state index in [2.05, 4.69) is 6.58 Å². The average Bonchev–Trinajstić information content (AvgIpc) is 2.20. The van der Waals surface area contributed by atoms with Gasteiger partial charge in [-0.15, -0.1) is 0 Å². The number of methoxy groups -OCH3 is 1. The second kappa shape index (κ2) is 6.53. The molecule has 16 heavy (non-hydrogen) atoms. The molecular formula is C12H22O4. The number of esters is 1. The molecule has 0 amide bonds. The highest BCUT2D eigenvalue weighted by molar-refractivity contribution is 5.85. The number of carbonyl (C=O) groups is 1. The Kier molecular flexibility index (Phi) is 6.11. The van der Waals surface area contributed by atoms with Crippen LogP contribution in [0, 0.1) is 5.41 Å². The van der Waals surface area contributed by atoms with Gasteiger partial charge in [0.1, 0.15) is 0 Å². The highest BCUT2D eigenvalue weighted by Gasteiger charge is 2.29. The number of hydrogen-bond acceptors (Lipinski definition) is 4. The predicted molar refractivity (Wildman–Crippen MR) is 61.7 cm³/mol. The topological polar surface area (TPSA) is 44.8 Å². The lowest BCUT2D eigenvalue weighted by atomic mass is 9.96. The van der Waals surface area contributed by atoms with Crippen molar-refractivity contribution in [1.82, 2.24) is 0 Å².